The Morgan fingerprint density at radius 2 is 1.97 bits per heavy atom. The number of hydrogen-bond donors (Lipinski definition) is 2. The van der Waals surface area contributed by atoms with Crippen molar-refractivity contribution in [1.82, 2.24) is 20.1 Å². The molecular weight excluding hydrogens is 523 g/mol. The summed E-state index contributed by atoms with van der Waals surface area (Å²) in [6.45, 7) is 5.85. The van der Waals surface area contributed by atoms with Gasteiger partial charge in [0.2, 0.25) is 0 Å². The van der Waals surface area contributed by atoms with Crippen LogP contribution in [0.5, 0.6) is 11.5 Å². The fourth-order valence-corrected chi connectivity index (χ4v) is 6.70. The molecule has 0 amide bonds. The smallest absolute Gasteiger partial charge is 0.125 e. The van der Waals surface area contributed by atoms with Crippen molar-refractivity contribution in [3.63, 3.8) is 0 Å². The van der Waals surface area contributed by atoms with E-state index < -0.39 is 11.7 Å². The predicted molar refractivity (Wildman–Crippen MR) is 148 cm³/mol. The van der Waals surface area contributed by atoms with Crippen LogP contribution in [0.1, 0.15) is 68.2 Å². The average molecular weight is 553 g/mol. The maximum atomic E-state index is 11.0. The monoisotopic (exact) mass is 552 g/mol. The number of para-hydroxylation sites is 1. The number of aromatic amines is 1. The van der Waals surface area contributed by atoms with Crippen LogP contribution >= 0.6 is 23.2 Å². The number of H-pyrrole nitrogens is 1. The van der Waals surface area contributed by atoms with Crippen molar-refractivity contribution in [1.29, 1.82) is 0 Å². The number of aromatic nitrogens is 3. The fourth-order valence-electron chi connectivity index (χ4n) is 6.02. The molecule has 2 N–H and O–H groups in total. The van der Waals surface area contributed by atoms with Gasteiger partial charge in [-0.1, -0.05) is 48.3 Å². The van der Waals surface area contributed by atoms with Crippen molar-refractivity contribution < 1.29 is 14.6 Å². The zero-order chi connectivity index (χ0) is 26.4. The van der Waals surface area contributed by atoms with Gasteiger partial charge in [-0.05, 0) is 37.7 Å². The average Bonchev–Trinajstić information content (AvgIpc) is 3.32. The van der Waals surface area contributed by atoms with E-state index in [4.69, 9.17) is 32.7 Å². The molecule has 4 atom stereocenters. The number of fused-ring (bicyclic) bond motifs is 2. The molecule has 6 rings (SSSR count). The van der Waals surface area contributed by atoms with E-state index in [1.165, 1.54) is 0 Å². The number of aliphatic hydroxyl groups excluding tert-OH is 1. The Hall–Kier alpha value is -2.84. The van der Waals surface area contributed by atoms with Crippen LogP contribution < -0.4 is 9.47 Å². The molecule has 0 radical (unpaired) electrons. The Balaban J connectivity index is 1.32. The van der Waals surface area contributed by atoms with E-state index in [1.54, 1.807) is 12.4 Å². The van der Waals surface area contributed by atoms with Crippen LogP contribution in [0.25, 0.3) is 10.9 Å². The van der Waals surface area contributed by atoms with Gasteiger partial charge in [0.05, 0.1) is 33.4 Å². The Morgan fingerprint density at radius 1 is 1.18 bits per heavy atom. The number of ether oxygens (including phenoxy) is 2. The highest BCUT2D eigenvalue weighted by Gasteiger charge is 2.47. The predicted octanol–water partition coefficient (Wildman–Crippen LogP) is 6.82. The number of nitrogens with zero attached hydrogens (tertiary/aromatic N) is 3. The Labute approximate surface area is 231 Å². The molecule has 1 fully saturated rings. The van der Waals surface area contributed by atoms with Gasteiger partial charge >= 0.3 is 0 Å². The lowest BCUT2D eigenvalue weighted by Gasteiger charge is -2.49. The second-order valence-electron chi connectivity index (χ2n) is 10.2. The van der Waals surface area contributed by atoms with Crippen LogP contribution in [-0.4, -0.2) is 43.9 Å². The van der Waals surface area contributed by atoms with Crippen molar-refractivity contribution in [2.45, 2.75) is 57.0 Å². The van der Waals surface area contributed by atoms with Gasteiger partial charge in [-0.3, -0.25) is 15.0 Å². The number of aliphatic hydroxyl groups is 1. The summed E-state index contributed by atoms with van der Waals surface area (Å²) >= 11 is 12.7. The summed E-state index contributed by atoms with van der Waals surface area (Å²) in [5.74, 6) is 1.48. The molecule has 2 aromatic carbocycles. The highest BCUT2D eigenvalue weighted by molar-refractivity contribution is 6.35. The standard InChI is InChI=1S/C29H30Cl2N4O3/c1-3-35-11-10-29(14-25(36)19-6-4-5-7-26(19)38-29)13-24(35)28-20-12-18(8-9-23(20)33-34-28)37-17(2)27-21(30)15-32-16-22(27)31/h4-9,12,15-17,24-25,36H,3,10-11,13-14H2,1-2H3,(H,33,34)/t17-,24?,25?,29?/m1/s1. The normalized spacial score (nSPS) is 24.2. The van der Waals surface area contributed by atoms with Crippen molar-refractivity contribution in [2.24, 2.45) is 0 Å². The number of rotatable bonds is 5. The van der Waals surface area contributed by atoms with E-state index in [9.17, 15) is 5.11 Å². The number of piperidine rings is 1. The quantitative estimate of drug-likeness (QED) is 0.282. The molecule has 3 unspecified atom stereocenters. The molecule has 1 spiro atoms. The molecule has 198 valence electrons. The third kappa shape index (κ3) is 4.51. The summed E-state index contributed by atoms with van der Waals surface area (Å²) in [6.07, 6.45) is 4.40. The minimum Gasteiger partial charge on any atom is -0.487 e. The van der Waals surface area contributed by atoms with Crippen LogP contribution in [0.15, 0.2) is 54.9 Å². The summed E-state index contributed by atoms with van der Waals surface area (Å²) in [5, 5.41) is 20.8. The third-order valence-corrected chi connectivity index (χ3v) is 8.54. The highest BCUT2D eigenvalue weighted by Crippen LogP contribution is 2.49. The first-order valence-electron chi connectivity index (χ1n) is 13.0. The minimum atomic E-state index is -0.541. The molecule has 4 aromatic rings. The zero-order valence-corrected chi connectivity index (χ0v) is 22.8. The molecule has 4 heterocycles. The first-order chi connectivity index (χ1) is 18.4. The maximum Gasteiger partial charge on any atom is 0.125 e. The Morgan fingerprint density at radius 3 is 2.76 bits per heavy atom. The summed E-state index contributed by atoms with van der Waals surface area (Å²) in [4.78, 5) is 6.48. The first kappa shape index (κ1) is 25.4. The van der Waals surface area contributed by atoms with E-state index in [1.807, 2.05) is 49.4 Å². The molecule has 38 heavy (non-hydrogen) atoms. The van der Waals surface area contributed by atoms with E-state index in [0.717, 1.165) is 53.8 Å². The minimum absolute atomic E-state index is 0.0490. The Kier molecular flexibility index (Phi) is 6.72. The summed E-state index contributed by atoms with van der Waals surface area (Å²) in [6, 6.07) is 13.7. The summed E-state index contributed by atoms with van der Waals surface area (Å²) < 4.78 is 12.9. The zero-order valence-electron chi connectivity index (χ0n) is 21.3. The van der Waals surface area contributed by atoms with Gasteiger partial charge in [0.1, 0.15) is 23.2 Å². The largest absolute Gasteiger partial charge is 0.487 e. The van der Waals surface area contributed by atoms with Crippen molar-refractivity contribution >= 4 is 34.1 Å². The van der Waals surface area contributed by atoms with Gasteiger partial charge in [0.15, 0.2) is 0 Å². The number of pyridine rings is 1. The molecule has 2 aliphatic heterocycles. The van der Waals surface area contributed by atoms with Crippen molar-refractivity contribution in [2.75, 3.05) is 13.1 Å². The van der Waals surface area contributed by atoms with E-state index in [-0.39, 0.29) is 12.1 Å². The van der Waals surface area contributed by atoms with Crippen LogP contribution in [0, 0.1) is 0 Å². The van der Waals surface area contributed by atoms with Gasteiger partial charge in [-0.15, -0.1) is 0 Å². The lowest BCUT2D eigenvalue weighted by atomic mass is 9.77. The van der Waals surface area contributed by atoms with Crippen molar-refractivity contribution in [3.8, 4) is 11.5 Å². The molecule has 2 aromatic heterocycles. The van der Waals surface area contributed by atoms with Gasteiger partial charge < -0.3 is 14.6 Å². The number of halogens is 2. The molecule has 0 bridgehead atoms. The number of hydrogen-bond acceptors (Lipinski definition) is 6. The summed E-state index contributed by atoms with van der Waals surface area (Å²) in [5.41, 5.74) is 3.01. The van der Waals surface area contributed by atoms with Gasteiger partial charge in [0.25, 0.3) is 0 Å². The van der Waals surface area contributed by atoms with Crippen LogP contribution in [0.3, 0.4) is 0 Å². The molecule has 0 saturated carbocycles. The van der Waals surface area contributed by atoms with Crippen LogP contribution in [-0.2, 0) is 0 Å². The number of benzene rings is 2. The molecule has 0 aliphatic carbocycles. The Bertz CT molecular complexity index is 1460. The second-order valence-corrected chi connectivity index (χ2v) is 11.0. The fraction of sp³-hybridized carbons (Fsp3) is 0.379. The topological polar surface area (TPSA) is 83.5 Å². The first-order valence-corrected chi connectivity index (χ1v) is 13.8. The van der Waals surface area contributed by atoms with Crippen LogP contribution in [0.4, 0.5) is 0 Å². The van der Waals surface area contributed by atoms with Crippen LogP contribution in [0.2, 0.25) is 10.0 Å². The second kappa shape index (κ2) is 10.0. The third-order valence-electron chi connectivity index (χ3n) is 7.93. The van der Waals surface area contributed by atoms with E-state index >= 15 is 0 Å². The molecule has 1 saturated heterocycles. The van der Waals surface area contributed by atoms with Crippen molar-refractivity contribution in [3.05, 3.63) is 81.7 Å². The lowest BCUT2D eigenvalue weighted by molar-refractivity contribution is -0.0727. The molecule has 9 heteroatoms. The number of likely N-dealkylation sites (tertiary alicyclic amines) is 1. The number of nitrogens with one attached hydrogen (secondary N) is 1. The van der Waals surface area contributed by atoms with Gasteiger partial charge in [-0.25, -0.2) is 0 Å². The van der Waals surface area contributed by atoms with E-state index in [2.05, 4.69) is 27.0 Å². The lowest BCUT2D eigenvalue weighted by Crippen LogP contribution is -2.51. The molecule has 2 aliphatic rings. The maximum absolute atomic E-state index is 11.0. The molecular formula is C29H30Cl2N4O3. The van der Waals surface area contributed by atoms with Gasteiger partial charge in [0, 0.05) is 54.7 Å². The van der Waals surface area contributed by atoms with Gasteiger partial charge in [-0.2, -0.15) is 5.10 Å². The highest BCUT2D eigenvalue weighted by atomic mass is 35.5. The SMILES string of the molecule is CCN1CCC2(CC(O)c3ccccc3O2)CC1c1[nH]nc2ccc(O[C@H](C)c3c(Cl)cncc3Cl)cc12. The summed E-state index contributed by atoms with van der Waals surface area (Å²) in [7, 11) is 0. The molecule has 7 nitrogen and oxygen atoms in total. The van der Waals surface area contributed by atoms with E-state index in [0.29, 0.717) is 27.8 Å².